The highest BCUT2D eigenvalue weighted by atomic mass is 32.2. The third kappa shape index (κ3) is 5.64. The molecule has 0 saturated carbocycles. The number of sulfonamides is 1. The largest absolute Gasteiger partial charge is 0.504 e. The van der Waals surface area contributed by atoms with Crippen molar-refractivity contribution in [2.45, 2.75) is 18.7 Å². The van der Waals surface area contributed by atoms with Crippen LogP contribution in [0.3, 0.4) is 0 Å². The molecule has 32 heavy (non-hydrogen) atoms. The van der Waals surface area contributed by atoms with Crippen molar-refractivity contribution >= 4 is 21.6 Å². The minimum absolute atomic E-state index is 0.0246. The summed E-state index contributed by atoms with van der Waals surface area (Å²) in [6.07, 6.45) is 0. The minimum atomic E-state index is -3.54. The molecule has 9 nitrogen and oxygen atoms in total. The van der Waals surface area contributed by atoms with E-state index in [-0.39, 0.29) is 23.1 Å². The number of piperazine rings is 1. The van der Waals surface area contributed by atoms with Crippen LogP contribution in [0.25, 0.3) is 0 Å². The molecule has 0 unspecified atom stereocenters. The van der Waals surface area contributed by atoms with Crippen molar-refractivity contribution in [1.29, 1.82) is 0 Å². The van der Waals surface area contributed by atoms with Crippen molar-refractivity contribution in [3.05, 3.63) is 53.6 Å². The predicted molar refractivity (Wildman–Crippen MR) is 121 cm³/mol. The first kappa shape index (κ1) is 23.7. The van der Waals surface area contributed by atoms with Gasteiger partial charge in [0.2, 0.25) is 10.0 Å². The SMILES string of the molecule is COc1cc(/C(C)=N\NC(=O)CN2CCN(S(=O)(=O)c3ccc(C)cc3)CC2)ccc1O. The summed E-state index contributed by atoms with van der Waals surface area (Å²) in [5.74, 6) is 0.0587. The highest BCUT2D eigenvalue weighted by molar-refractivity contribution is 7.89. The number of nitrogens with one attached hydrogen (secondary N) is 1. The molecule has 0 radical (unpaired) electrons. The number of nitrogens with zero attached hydrogens (tertiary/aromatic N) is 3. The van der Waals surface area contributed by atoms with Crippen molar-refractivity contribution in [1.82, 2.24) is 14.6 Å². The molecule has 172 valence electrons. The molecule has 1 aliphatic rings. The molecule has 1 amide bonds. The van der Waals surface area contributed by atoms with Crippen molar-refractivity contribution in [2.24, 2.45) is 5.10 Å². The van der Waals surface area contributed by atoms with Crippen LogP contribution < -0.4 is 10.2 Å². The van der Waals surface area contributed by atoms with Gasteiger partial charge in [0, 0.05) is 31.7 Å². The van der Waals surface area contributed by atoms with Crippen molar-refractivity contribution < 1.29 is 23.1 Å². The number of aryl methyl sites for hydroxylation is 1. The van der Waals surface area contributed by atoms with Gasteiger partial charge in [-0.1, -0.05) is 17.7 Å². The second-order valence-electron chi connectivity index (χ2n) is 7.61. The quantitative estimate of drug-likeness (QED) is 0.479. The summed E-state index contributed by atoms with van der Waals surface area (Å²) in [5.41, 5.74) is 4.79. The Morgan fingerprint density at radius 3 is 2.41 bits per heavy atom. The van der Waals surface area contributed by atoms with Crippen LogP contribution in [0.4, 0.5) is 0 Å². The fourth-order valence-corrected chi connectivity index (χ4v) is 4.76. The zero-order valence-electron chi connectivity index (χ0n) is 18.4. The molecule has 0 aliphatic carbocycles. The van der Waals surface area contributed by atoms with Gasteiger partial charge in [-0.3, -0.25) is 9.69 Å². The van der Waals surface area contributed by atoms with Gasteiger partial charge in [-0.05, 0) is 44.2 Å². The van der Waals surface area contributed by atoms with E-state index in [0.29, 0.717) is 43.2 Å². The minimum Gasteiger partial charge on any atom is -0.504 e. The lowest BCUT2D eigenvalue weighted by molar-refractivity contribution is -0.122. The van der Waals surface area contributed by atoms with E-state index < -0.39 is 10.0 Å². The molecule has 0 atom stereocenters. The Labute approximate surface area is 188 Å². The molecule has 2 aromatic carbocycles. The van der Waals surface area contributed by atoms with Crippen LogP contribution in [0, 0.1) is 6.92 Å². The number of carbonyl (C=O) groups excluding carboxylic acids is 1. The molecule has 3 rings (SSSR count). The molecular weight excluding hydrogens is 432 g/mol. The maximum atomic E-state index is 12.8. The lowest BCUT2D eigenvalue weighted by Crippen LogP contribution is -2.50. The van der Waals surface area contributed by atoms with E-state index in [1.54, 1.807) is 43.3 Å². The van der Waals surface area contributed by atoms with Crippen LogP contribution in [0.2, 0.25) is 0 Å². The fourth-order valence-electron chi connectivity index (χ4n) is 3.34. The Morgan fingerprint density at radius 2 is 1.78 bits per heavy atom. The number of amides is 1. The topological polar surface area (TPSA) is 112 Å². The van der Waals surface area contributed by atoms with Crippen molar-refractivity contribution in [3.8, 4) is 11.5 Å². The molecule has 2 N–H and O–H groups in total. The molecule has 1 saturated heterocycles. The van der Waals surface area contributed by atoms with Crippen LogP contribution >= 0.6 is 0 Å². The third-order valence-corrected chi connectivity index (χ3v) is 7.22. The van der Waals surface area contributed by atoms with Gasteiger partial charge in [-0.25, -0.2) is 13.8 Å². The van der Waals surface area contributed by atoms with Crippen molar-refractivity contribution in [3.63, 3.8) is 0 Å². The number of hydrogen-bond donors (Lipinski definition) is 2. The van der Waals surface area contributed by atoms with E-state index in [0.717, 1.165) is 5.56 Å². The summed E-state index contributed by atoms with van der Waals surface area (Å²) in [4.78, 5) is 14.5. The lowest BCUT2D eigenvalue weighted by atomic mass is 10.1. The molecule has 1 fully saturated rings. The molecule has 10 heteroatoms. The number of benzene rings is 2. The summed E-state index contributed by atoms with van der Waals surface area (Å²) in [6, 6.07) is 11.6. The van der Waals surface area contributed by atoms with E-state index in [1.165, 1.54) is 17.5 Å². The monoisotopic (exact) mass is 460 g/mol. The second-order valence-corrected chi connectivity index (χ2v) is 9.55. The van der Waals surface area contributed by atoms with Gasteiger partial charge in [0.05, 0.1) is 24.3 Å². The van der Waals surface area contributed by atoms with Crippen molar-refractivity contribution in [2.75, 3.05) is 39.8 Å². The number of phenolic OH excluding ortho intramolecular Hbond substituents is 1. The van der Waals surface area contributed by atoms with Crippen LogP contribution in [-0.2, 0) is 14.8 Å². The van der Waals surface area contributed by atoms with Gasteiger partial charge in [0.1, 0.15) is 0 Å². The number of aromatic hydroxyl groups is 1. The Hall–Kier alpha value is -2.95. The number of ether oxygens (including phenoxy) is 1. The number of rotatable bonds is 7. The van der Waals surface area contributed by atoms with Crippen LogP contribution in [0.15, 0.2) is 52.5 Å². The van der Waals surface area contributed by atoms with E-state index in [2.05, 4.69) is 10.5 Å². The van der Waals surface area contributed by atoms with Crippen LogP contribution in [-0.4, -0.2) is 74.2 Å². The first-order chi connectivity index (χ1) is 15.2. The number of hydrogen-bond acceptors (Lipinski definition) is 7. The molecular formula is C22H28N4O5S. The fraction of sp³-hybridized carbons (Fsp3) is 0.364. The van der Waals surface area contributed by atoms with Crippen LogP contribution in [0.1, 0.15) is 18.1 Å². The molecule has 0 bridgehead atoms. The number of hydrazone groups is 1. The maximum absolute atomic E-state index is 12.8. The summed E-state index contributed by atoms with van der Waals surface area (Å²) in [7, 11) is -2.08. The average Bonchev–Trinajstić information content (AvgIpc) is 2.78. The standard InChI is InChI=1S/C22H28N4O5S/c1-16-4-7-19(8-5-16)32(29,30)26-12-10-25(11-13-26)15-22(28)24-23-17(2)18-6-9-20(27)21(14-18)31-3/h4-9,14,27H,10-13,15H2,1-3H3,(H,24,28)/b23-17-. The Bertz CT molecular complexity index is 1090. The van der Waals surface area contributed by atoms with Crippen LogP contribution in [0.5, 0.6) is 11.5 Å². The molecule has 1 heterocycles. The lowest BCUT2D eigenvalue weighted by Gasteiger charge is -2.33. The predicted octanol–water partition coefficient (Wildman–Crippen LogP) is 1.56. The molecule has 0 spiro atoms. The van der Waals surface area contributed by atoms with E-state index >= 15 is 0 Å². The molecule has 2 aromatic rings. The number of carbonyl (C=O) groups is 1. The van der Waals surface area contributed by atoms with E-state index in [1.807, 2.05) is 11.8 Å². The zero-order valence-corrected chi connectivity index (χ0v) is 19.2. The Kier molecular flexibility index (Phi) is 7.49. The normalized spacial score (nSPS) is 16.0. The zero-order chi connectivity index (χ0) is 23.3. The van der Waals surface area contributed by atoms with Gasteiger partial charge in [-0.15, -0.1) is 0 Å². The smallest absolute Gasteiger partial charge is 0.254 e. The highest BCUT2D eigenvalue weighted by Crippen LogP contribution is 2.26. The number of methoxy groups -OCH3 is 1. The summed E-state index contributed by atoms with van der Waals surface area (Å²) in [5, 5.41) is 13.8. The van der Waals surface area contributed by atoms with Gasteiger partial charge < -0.3 is 9.84 Å². The summed E-state index contributed by atoms with van der Waals surface area (Å²) in [6.45, 7) is 5.31. The van der Waals surface area contributed by atoms with Gasteiger partial charge in [-0.2, -0.15) is 9.41 Å². The third-order valence-electron chi connectivity index (χ3n) is 5.30. The van der Waals surface area contributed by atoms with E-state index in [4.69, 9.17) is 4.74 Å². The molecule has 1 aliphatic heterocycles. The Balaban J connectivity index is 1.52. The number of phenols is 1. The van der Waals surface area contributed by atoms with Gasteiger partial charge in [0.15, 0.2) is 11.5 Å². The van der Waals surface area contributed by atoms with E-state index in [9.17, 15) is 18.3 Å². The summed E-state index contributed by atoms with van der Waals surface area (Å²) < 4.78 is 32.1. The first-order valence-corrected chi connectivity index (χ1v) is 11.6. The second kappa shape index (κ2) is 10.1. The Morgan fingerprint density at radius 1 is 1.12 bits per heavy atom. The maximum Gasteiger partial charge on any atom is 0.254 e. The summed E-state index contributed by atoms with van der Waals surface area (Å²) >= 11 is 0. The van der Waals surface area contributed by atoms with Gasteiger partial charge in [0.25, 0.3) is 5.91 Å². The molecule has 0 aromatic heterocycles. The average molecular weight is 461 g/mol. The van der Waals surface area contributed by atoms with Gasteiger partial charge >= 0.3 is 0 Å². The highest BCUT2D eigenvalue weighted by Gasteiger charge is 2.28. The first-order valence-electron chi connectivity index (χ1n) is 10.2.